The largest absolute Gasteiger partial charge is 0.493 e. The summed E-state index contributed by atoms with van der Waals surface area (Å²) in [7, 11) is 0.0736. The number of nitrogens with zero attached hydrogens (tertiary/aromatic N) is 1. The Hall–Kier alpha value is -2.42. The van der Waals surface area contributed by atoms with Crippen molar-refractivity contribution < 1.29 is 17.9 Å². The van der Waals surface area contributed by atoms with E-state index in [0.717, 1.165) is 33.6 Å². The van der Waals surface area contributed by atoms with Gasteiger partial charge in [-0.2, -0.15) is 0 Å². The first-order valence-corrected chi connectivity index (χ1v) is 11.4. The molecule has 0 aliphatic rings. The number of para-hydroxylation sites is 1. The fraction of sp³-hybridized carbons (Fsp3) is 0.250. The standard InChI is InChI=1S/C20H22N2O4S2/c1-25-18-6-4-5-16(19(18)26-2)20-22-17(13-27-20)15-9-7-14(8-10-15)11-12-21-28(3,23)24/h4-10,13,21H,11-12H2,1-3H3. The van der Waals surface area contributed by atoms with Crippen LogP contribution in [0.15, 0.2) is 47.8 Å². The lowest BCUT2D eigenvalue weighted by Crippen LogP contribution is -2.24. The minimum atomic E-state index is -3.16. The number of nitrogens with one attached hydrogen (secondary N) is 1. The van der Waals surface area contributed by atoms with E-state index in [1.165, 1.54) is 0 Å². The molecule has 6 nitrogen and oxygen atoms in total. The highest BCUT2D eigenvalue weighted by Crippen LogP contribution is 2.40. The summed E-state index contributed by atoms with van der Waals surface area (Å²) in [4.78, 5) is 4.75. The van der Waals surface area contributed by atoms with Gasteiger partial charge in [0.1, 0.15) is 5.01 Å². The minimum Gasteiger partial charge on any atom is -0.493 e. The Kier molecular flexibility index (Phi) is 6.33. The molecule has 3 aromatic rings. The molecular formula is C20H22N2O4S2. The molecule has 3 rings (SSSR count). The highest BCUT2D eigenvalue weighted by molar-refractivity contribution is 7.88. The van der Waals surface area contributed by atoms with Crippen molar-refractivity contribution in [2.45, 2.75) is 6.42 Å². The topological polar surface area (TPSA) is 77.5 Å². The Morgan fingerprint density at radius 1 is 1.07 bits per heavy atom. The van der Waals surface area contributed by atoms with Gasteiger partial charge in [0, 0.05) is 17.5 Å². The van der Waals surface area contributed by atoms with Crippen LogP contribution in [0, 0.1) is 0 Å². The van der Waals surface area contributed by atoms with Gasteiger partial charge in [0.15, 0.2) is 11.5 Å². The van der Waals surface area contributed by atoms with E-state index < -0.39 is 10.0 Å². The van der Waals surface area contributed by atoms with E-state index >= 15 is 0 Å². The van der Waals surface area contributed by atoms with Crippen LogP contribution in [-0.4, -0.2) is 40.4 Å². The quantitative estimate of drug-likeness (QED) is 0.605. The van der Waals surface area contributed by atoms with Crippen LogP contribution < -0.4 is 14.2 Å². The second-order valence-corrected chi connectivity index (χ2v) is 8.88. The summed E-state index contributed by atoms with van der Waals surface area (Å²) in [6, 6.07) is 13.7. The van der Waals surface area contributed by atoms with E-state index in [1.807, 2.05) is 47.8 Å². The number of aromatic nitrogens is 1. The molecule has 28 heavy (non-hydrogen) atoms. The number of thiazole rings is 1. The summed E-state index contributed by atoms with van der Waals surface area (Å²) >= 11 is 1.54. The molecule has 0 saturated carbocycles. The van der Waals surface area contributed by atoms with Gasteiger partial charge in [-0.25, -0.2) is 18.1 Å². The smallest absolute Gasteiger partial charge is 0.208 e. The van der Waals surface area contributed by atoms with Crippen LogP contribution in [0.1, 0.15) is 5.56 Å². The van der Waals surface area contributed by atoms with E-state index in [9.17, 15) is 8.42 Å². The van der Waals surface area contributed by atoms with Crippen molar-refractivity contribution in [3.63, 3.8) is 0 Å². The van der Waals surface area contributed by atoms with E-state index in [4.69, 9.17) is 14.5 Å². The maximum Gasteiger partial charge on any atom is 0.208 e. The number of benzene rings is 2. The minimum absolute atomic E-state index is 0.384. The van der Waals surface area contributed by atoms with Crippen molar-refractivity contribution in [1.29, 1.82) is 0 Å². The third kappa shape index (κ3) is 4.89. The fourth-order valence-corrected chi connectivity index (χ4v) is 4.13. The van der Waals surface area contributed by atoms with E-state index in [0.29, 0.717) is 24.5 Å². The second kappa shape index (κ2) is 8.72. The number of hydrogen-bond donors (Lipinski definition) is 1. The first-order valence-electron chi connectivity index (χ1n) is 8.62. The van der Waals surface area contributed by atoms with Gasteiger partial charge in [-0.1, -0.05) is 30.3 Å². The lowest BCUT2D eigenvalue weighted by Gasteiger charge is -2.10. The molecule has 0 aliphatic heterocycles. The van der Waals surface area contributed by atoms with Gasteiger partial charge in [-0.05, 0) is 24.1 Å². The maximum absolute atomic E-state index is 11.1. The van der Waals surface area contributed by atoms with Crippen molar-refractivity contribution in [3.8, 4) is 33.3 Å². The molecule has 0 atom stereocenters. The Labute approximate surface area is 169 Å². The molecule has 1 N–H and O–H groups in total. The molecule has 1 aromatic heterocycles. The van der Waals surface area contributed by atoms with Crippen LogP contribution >= 0.6 is 11.3 Å². The molecule has 0 aliphatic carbocycles. The van der Waals surface area contributed by atoms with Crippen molar-refractivity contribution in [3.05, 3.63) is 53.4 Å². The number of methoxy groups -OCH3 is 2. The predicted octanol–water partition coefficient (Wildman–Crippen LogP) is 3.59. The lowest BCUT2D eigenvalue weighted by molar-refractivity contribution is 0.356. The average molecular weight is 419 g/mol. The summed E-state index contributed by atoms with van der Waals surface area (Å²) in [5, 5.41) is 2.86. The van der Waals surface area contributed by atoms with Crippen LogP contribution in [0.3, 0.4) is 0 Å². The summed E-state index contributed by atoms with van der Waals surface area (Å²) in [5.74, 6) is 1.34. The third-order valence-corrected chi connectivity index (χ3v) is 5.77. The zero-order chi connectivity index (χ0) is 20.1. The molecular weight excluding hydrogens is 396 g/mol. The van der Waals surface area contributed by atoms with Crippen molar-refractivity contribution in [2.75, 3.05) is 27.0 Å². The molecule has 1 heterocycles. The number of hydrogen-bond acceptors (Lipinski definition) is 6. The highest BCUT2D eigenvalue weighted by Gasteiger charge is 2.15. The molecule has 0 unspecified atom stereocenters. The van der Waals surface area contributed by atoms with E-state index in [1.54, 1.807) is 25.6 Å². The third-order valence-electron chi connectivity index (χ3n) is 4.17. The summed E-state index contributed by atoms with van der Waals surface area (Å²) in [5.41, 5.74) is 3.83. The Balaban J connectivity index is 1.77. The summed E-state index contributed by atoms with van der Waals surface area (Å²) < 4.78 is 35.6. The van der Waals surface area contributed by atoms with Crippen molar-refractivity contribution >= 4 is 21.4 Å². The fourth-order valence-electron chi connectivity index (χ4n) is 2.81. The van der Waals surface area contributed by atoms with E-state index in [-0.39, 0.29) is 0 Å². The molecule has 0 spiro atoms. The van der Waals surface area contributed by atoms with Gasteiger partial charge in [-0.3, -0.25) is 0 Å². The molecule has 0 saturated heterocycles. The first kappa shape index (κ1) is 20.3. The van der Waals surface area contributed by atoms with Crippen LogP contribution in [0.5, 0.6) is 11.5 Å². The lowest BCUT2D eigenvalue weighted by atomic mass is 10.1. The van der Waals surface area contributed by atoms with Crippen LogP contribution in [0.25, 0.3) is 21.8 Å². The normalized spacial score (nSPS) is 11.4. The maximum atomic E-state index is 11.1. The molecule has 0 amide bonds. The van der Waals surface area contributed by atoms with Crippen molar-refractivity contribution in [1.82, 2.24) is 9.71 Å². The van der Waals surface area contributed by atoms with Gasteiger partial charge in [0.25, 0.3) is 0 Å². The Bertz CT molecular complexity index is 1040. The summed E-state index contributed by atoms with van der Waals surface area (Å²) in [6.07, 6.45) is 1.80. The van der Waals surface area contributed by atoms with Gasteiger partial charge < -0.3 is 9.47 Å². The van der Waals surface area contributed by atoms with Crippen LogP contribution in [0.4, 0.5) is 0 Å². The zero-order valence-electron chi connectivity index (χ0n) is 15.9. The van der Waals surface area contributed by atoms with Gasteiger partial charge >= 0.3 is 0 Å². The van der Waals surface area contributed by atoms with Gasteiger partial charge in [-0.15, -0.1) is 11.3 Å². The average Bonchev–Trinajstić information content (AvgIpc) is 3.16. The number of rotatable bonds is 8. The number of sulfonamides is 1. The summed E-state index contributed by atoms with van der Waals surface area (Å²) in [6.45, 7) is 0.384. The molecule has 8 heteroatoms. The molecule has 0 radical (unpaired) electrons. The number of ether oxygens (including phenoxy) is 2. The molecule has 0 bridgehead atoms. The van der Waals surface area contributed by atoms with Crippen LogP contribution in [-0.2, 0) is 16.4 Å². The van der Waals surface area contributed by atoms with Gasteiger partial charge in [0.2, 0.25) is 10.0 Å². The Morgan fingerprint density at radius 3 is 2.46 bits per heavy atom. The first-order chi connectivity index (χ1) is 13.4. The monoisotopic (exact) mass is 418 g/mol. The SMILES string of the molecule is COc1cccc(-c2nc(-c3ccc(CCNS(C)(=O)=O)cc3)cs2)c1OC. The van der Waals surface area contributed by atoms with Gasteiger partial charge in [0.05, 0.1) is 31.7 Å². The predicted molar refractivity (Wildman–Crippen MR) is 113 cm³/mol. The second-order valence-electron chi connectivity index (χ2n) is 6.19. The van der Waals surface area contributed by atoms with Crippen molar-refractivity contribution in [2.24, 2.45) is 0 Å². The highest BCUT2D eigenvalue weighted by atomic mass is 32.2. The van der Waals surface area contributed by atoms with Crippen LogP contribution in [0.2, 0.25) is 0 Å². The molecule has 2 aromatic carbocycles. The Morgan fingerprint density at radius 2 is 1.82 bits per heavy atom. The molecule has 148 valence electrons. The zero-order valence-corrected chi connectivity index (χ0v) is 17.6. The molecule has 0 fully saturated rings. The van der Waals surface area contributed by atoms with E-state index in [2.05, 4.69) is 4.72 Å².